The van der Waals surface area contributed by atoms with Crippen molar-refractivity contribution < 1.29 is 14.3 Å². The molecule has 1 saturated carbocycles. The third kappa shape index (κ3) is 7.31. The molecule has 0 bridgehead atoms. The molecule has 174 valence electrons. The summed E-state index contributed by atoms with van der Waals surface area (Å²) in [6, 6.07) is 3.77. The highest BCUT2D eigenvalue weighted by molar-refractivity contribution is 5.68. The molecule has 1 amide bonds. The molecular formula is C23H39N5O3. The minimum atomic E-state index is -0.417. The monoisotopic (exact) mass is 433 g/mol. The number of hydrazine groups is 1. The Morgan fingerprint density at radius 2 is 1.90 bits per heavy atom. The van der Waals surface area contributed by atoms with Gasteiger partial charge in [-0.15, -0.1) is 0 Å². The maximum Gasteiger partial charge on any atom is 0.409 e. The highest BCUT2D eigenvalue weighted by atomic mass is 16.6. The normalized spacial score (nSPS) is 15.5. The largest absolute Gasteiger partial charge is 0.489 e. The molecule has 0 unspecified atom stereocenters. The molecule has 4 N–H and O–H groups in total. The van der Waals surface area contributed by atoms with Gasteiger partial charge in [-0.3, -0.25) is 0 Å². The summed E-state index contributed by atoms with van der Waals surface area (Å²) in [4.78, 5) is 18.5. The third-order valence-electron chi connectivity index (χ3n) is 5.41. The van der Waals surface area contributed by atoms with Gasteiger partial charge in [0.15, 0.2) is 0 Å². The van der Waals surface area contributed by atoms with E-state index in [9.17, 15) is 4.79 Å². The van der Waals surface area contributed by atoms with Crippen LogP contribution in [-0.2, 0) is 11.2 Å². The number of likely N-dealkylation sites (N-methyl/N-ethyl adjacent to an activating group) is 1. The maximum absolute atomic E-state index is 12.2. The number of nitrogens with zero attached hydrogens (tertiary/aromatic N) is 3. The van der Waals surface area contributed by atoms with Gasteiger partial charge in [-0.25, -0.2) is 15.6 Å². The second-order valence-electron chi connectivity index (χ2n) is 8.67. The van der Waals surface area contributed by atoms with Crippen LogP contribution in [0, 0.1) is 5.92 Å². The molecule has 0 atom stereocenters. The van der Waals surface area contributed by atoms with E-state index in [0.29, 0.717) is 29.6 Å². The Morgan fingerprint density at radius 3 is 2.48 bits per heavy atom. The van der Waals surface area contributed by atoms with Crippen molar-refractivity contribution in [3.05, 3.63) is 29.2 Å². The zero-order valence-electron chi connectivity index (χ0n) is 19.7. The molecule has 1 aromatic heterocycles. The Hall–Kier alpha value is -2.48. The Bertz CT molecular complexity index is 758. The van der Waals surface area contributed by atoms with Gasteiger partial charge in [0, 0.05) is 20.6 Å². The molecule has 0 saturated heterocycles. The van der Waals surface area contributed by atoms with Gasteiger partial charge in [-0.2, -0.15) is 0 Å². The summed E-state index contributed by atoms with van der Waals surface area (Å²) in [5, 5.41) is 1.37. The molecule has 0 aliphatic heterocycles. The van der Waals surface area contributed by atoms with Crippen LogP contribution < -0.4 is 16.3 Å². The van der Waals surface area contributed by atoms with Crippen molar-refractivity contribution in [2.45, 2.75) is 65.4 Å². The van der Waals surface area contributed by atoms with Crippen LogP contribution in [0.2, 0.25) is 0 Å². The van der Waals surface area contributed by atoms with E-state index in [2.05, 4.69) is 0 Å². The zero-order chi connectivity index (χ0) is 23.0. The van der Waals surface area contributed by atoms with Gasteiger partial charge >= 0.3 is 6.09 Å². The minimum absolute atomic E-state index is 0.0381. The van der Waals surface area contributed by atoms with Gasteiger partial charge in [-0.1, -0.05) is 27.2 Å². The first-order valence-electron chi connectivity index (χ1n) is 11.2. The van der Waals surface area contributed by atoms with Crippen LogP contribution in [0.25, 0.3) is 5.70 Å². The van der Waals surface area contributed by atoms with Crippen LogP contribution >= 0.6 is 0 Å². The average Bonchev–Trinajstić information content (AvgIpc) is 2.73. The molecule has 0 spiro atoms. The SMILES string of the molecule is CCc1nc(/C(N)=C(\COC(=O)N(C)CC(C)C)N(C)N)ccc1OC1CCCCC1. The van der Waals surface area contributed by atoms with Gasteiger partial charge in [0.05, 0.1) is 28.9 Å². The molecule has 1 heterocycles. The van der Waals surface area contributed by atoms with E-state index in [4.69, 9.17) is 26.0 Å². The standard InChI is InChI=1S/C23H39N5O3/c1-6-18-21(31-17-10-8-7-9-11-17)13-12-19(26-18)22(24)20(28(5)25)15-30-23(29)27(4)14-16(2)3/h12-13,16-17H,6-11,14-15,24-25H2,1-5H3/b22-20-. The van der Waals surface area contributed by atoms with Crippen molar-refractivity contribution in [3.8, 4) is 5.75 Å². The second kappa shape index (κ2) is 11.8. The van der Waals surface area contributed by atoms with Crippen molar-refractivity contribution in [1.29, 1.82) is 0 Å². The fraction of sp³-hybridized carbons (Fsp3) is 0.652. The number of ether oxygens (including phenoxy) is 2. The summed E-state index contributed by atoms with van der Waals surface area (Å²) < 4.78 is 11.7. The molecule has 1 aliphatic rings. The van der Waals surface area contributed by atoms with Crippen LogP contribution in [-0.4, -0.2) is 54.3 Å². The highest BCUT2D eigenvalue weighted by Crippen LogP contribution is 2.27. The lowest BCUT2D eigenvalue weighted by molar-refractivity contribution is 0.109. The van der Waals surface area contributed by atoms with E-state index in [-0.39, 0.29) is 12.7 Å². The highest BCUT2D eigenvalue weighted by Gasteiger charge is 2.19. The molecule has 1 aliphatic carbocycles. The minimum Gasteiger partial charge on any atom is -0.489 e. The predicted octanol–water partition coefficient (Wildman–Crippen LogP) is 3.51. The van der Waals surface area contributed by atoms with E-state index in [1.165, 1.54) is 24.3 Å². The number of hydrogen-bond donors (Lipinski definition) is 2. The Morgan fingerprint density at radius 1 is 1.23 bits per heavy atom. The number of aromatic nitrogens is 1. The summed E-state index contributed by atoms with van der Waals surface area (Å²) >= 11 is 0. The molecule has 1 aromatic rings. The van der Waals surface area contributed by atoms with Crippen molar-refractivity contribution in [3.63, 3.8) is 0 Å². The Balaban J connectivity index is 2.16. The van der Waals surface area contributed by atoms with Crippen LogP contribution in [0.3, 0.4) is 0 Å². The first-order chi connectivity index (χ1) is 14.7. The van der Waals surface area contributed by atoms with Gasteiger partial charge < -0.3 is 25.1 Å². The van der Waals surface area contributed by atoms with E-state index in [1.54, 1.807) is 19.0 Å². The average molecular weight is 434 g/mol. The summed E-state index contributed by atoms with van der Waals surface area (Å²) in [6.45, 7) is 6.69. The van der Waals surface area contributed by atoms with Gasteiger partial charge in [0.1, 0.15) is 12.4 Å². The fourth-order valence-corrected chi connectivity index (χ4v) is 3.74. The van der Waals surface area contributed by atoms with Crippen LogP contribution in [0.15, 0.2) is 17.8 Å². The number of pyridine rings is 1. The summed E-state index contributed by atoms with van der Waals surface area (Å²) in [5.41, 5.74) is 8.71. The van der Waals surface area contributed by atoms with Crippen molar-refractivity contribution in [2.75, 3.05) is 27.2 Å². The van der Waals surface area contributed by atoms with Crippen molar-refractivity contribution in [2.24, 2.45) is 17.5 Å². The lowest BCUT2D eigenvalue weighted by Gasteiger charge is -2.24. The fourth-order valence-electron chi connectivity index (χ4n) is 3.74. The lowest BCUT2D eigenvalue weighted by atomic mass is 9.98. The molecule has 8 heteroatoms. The first-order valence-corrected chi connectivity index (χ1v) is 11.2. The van der Waals surface area contributed by atoms with Crippen molar-refractivity contribution >= 4 is 11.8 Å². The lowest BCUT2D eigenvalue weighted by Crippen LogP contribution is -2.35. The zero-order valence-corrected chi connectivity index (χ0v) is 19.7. The number of amides is 1. The number of hydrogen-bond acceptors (Lipinski definition) is 7. The Labute approximate surface area is 186 Å². The summed E-state index contributed by atoms with van der Waals surface area (Å²) in [7, 11) is 3.37. The molecule has 2 rings (SSSR count). The maximum atomic E-state index is 12.2. The molecule has 31 heavy (non-hydrogen) atoms. The number of carbonyl (C=O) groups excluding carboxylic acids is 1. The van der Waals surface area contributed by atoms with Crippen LogP contribution in [0.5, 0.6) is 5.75 Å². The number of nitrogens with two attached hydrogens (primary N) is 2. The van der Waals surface area contributed by atoms with Crippen LogP contribution in [0.1, 0.15) is 64.3 Å². The first kappa shape index (κ1) is 24.8. The van der Waals surface area contributed by atoms with Crippen LogP contribution in [0.4, 0.5) is 4.79 Å². The van der Waals surface area contributed by atoms with Gasteiger partial charge in [0.2, 0.25) is 0 Å². The molecular weight excluding hydrogens is 394 g/mol. The third-order valence-corrected chi connectivity index (χ3v) is 5.41. The summed E-state index contributed by atoms with van der Waals surface area (Å²) in [5.74, 6) is 7.14. The van der Waals surface area contributed by atoms with E-state index < -0.39 is 6.09 Å². The molecule has 0 aromatic carbocycles. The Kier molecular flexibility index (Phi) is 9.43. The number of aryl methyl sites for hydroxylation is 1. The van der Waals surface area contributed by atoms with E-state index >= 15 is 0 Å². The van der Waals surface area contributed by atoms with E-state index in [0.717, 1.165) is 30.7 Å². The predicted molar refractivity (Wildman–Crippen MR) is 123 cm³/mol. The molecule has 0 radical (unpaired) electrons. The smallest absolute Gasteiger partial charge is 0.409 e. The molecule has 8 nitrogen and oxygen atoms in total. The number of rotatable bonds is 9. The van der Waals surface area contributed by atoms with Gasteiger partial charge in [0.25, 0.3) is 0 Å². The molecule has 1 fully saturated rings. The second-order valence-corrected chi connectivity index (χ2v) is 8.67. The van der Waals surface area contributed by atoms with Gasteiger partial charge in [-0.05, 0) is 50.2 Å². The quantitative estimate of drug-likeness (QED) is 0.453. The summed E-state index contributed by atoms with van der Waals surface area (Å²) in [6.07, 6.45) is 6.46. The number of carbonyl (C=O) groups is 1. The topological polar surface area (TPSA) is 107 Å². The van der Waals surface area contributed by atoms with Crippen molar-refractivity contribution in [1.82, 2.24) is 14.9 Å². The van der Waals surface area contributed by atoms with E-state index in [1.807, 2.05) is 32.9 Å².